The summed E-state index contributed by atoms with van der Waals surface area (Å²) < 4.78 is 5.70. The maximum Gasteiger partial charge on any atom is 0.119 e. The fraction of sp³-hybridized carbons (Fsp3) is 0.625. The molecule has 1 aliphatic rings. The van der Waals surface area contributed by atoms with Gasteiger partial charge in [-0.25, -0.2) is 0 Å². The molecule has 2 nitrogen and oxygen atoms in total. The fourth-order valence-electron chi connectivity index (χ4n) is 2.12. The Bertz CT molecular complexity index is 329. The molecule has 0 unspecified atom stereocenters. The van der Waals surface area contributed by atoms with Crippen molar-refractivity contribution in [3.63, 3.8) is 0 Å². The van der Waals surface area contributed by atoms with Gasteiger partial charge >= 0.3 is 0 Å². The fourth-order valence-corrected chi connectivity index (χ4v) is 2.12. The molecule has 18 heavy (non-hydrogen) atoms. The number of hydrogen-bond donors (Lipinski definition) is 1. The topological polar surface area (TPSA) is 21.3 Å². The van der Waals surface area contributed by atoms with Gasteiger partial charge in [-0.1, -0.05) is 38.3 Å². The molecule has 1 aliphatic carbocycles. The molecule has 0 aliphatic heterocycles. The van der Waals surface area contributed by atoms with Crippen LogP contribution in [0.2, 0.25) is 0 Å². The number of benzene rings is 1. The normalized spacial score (nSPS) is 15.4. The van der Waals surface area contributed by atoms with Crippen LogP contribution in [0.4, 0.5) is 0 Å². The highest BCUT2D eigenvalue weighted by Gasteiger charge is 2.15. The summed E-state index contributed by atoms with van der Waals surface area (Å²) in [6.07, 6.45) is 7.74. The molecule has 2 heteroatoms. The lowest BCUT2D eigenvalue weighted by Crippen LogP contribution is -2.34. The van der Waals surface area contributed by atoms with Crippen molar-refractivity contribution in [1.82, 2.24) is 5.32 Å². The van der Waals surface area contributed by atoms with E-state index in [1.54, 1.807) is 0 Å². The van der Waals surface area contributed by atoms with Crippen molar-refractivity contribution in [2.24, 2.45) is 0 Å². The molecule has 0 heterocycles. The maximum atomic E-state index is 5.70. The second-order valence-corrected chi connectivity index (χ2v) is 5.21. The molecule has 0 bridgehead atoms. The molecule has 0 amide bonds. The zero-order chi connectivity index (χ0) is 12.6. The van der Waals surface area contributed by atoms with Crippen LogP contribution < -0.4 is 10.1 Å². The summed E-state index contributed by atoms with van der Waals surface area (Å²) in [5.74, 6) is 0.999. The Morgan fingerprint density at radius 1 is 1.17 bits per heavy atom. The number of ether oxygens (including phenoxy) is 1. The third kappa shape index (κ3) is 4.34. The number of rotatable bonds is 8. The summed E-state index contributed by atoms with van der Waals surface area (Å²) in [5, 5.41) is 3.57. The first kappa shape index (κ1) is 13.4. The zero-order valence-electron chi connectivity index (χ0n) is 11.5. The van der Waals surface area contributed by atoms with Crippen molar-refractivity contribution in [3.8, 4) is 5.75 Å². The highest BCUT2D eigenvalue weighted by molar-refractivity contribution is 5.27. The molecular formula is C16H25NO. The Balaban J connectivity index is 1.67. The van der Waals surface area contributed by atoms with Gasteiger partial charge in [-0.05, 0) is 37.0 Å². The Labute approximate surface area is 111 Å². The van der Waals surface area contributed by atoms with Crippen LogP contribution in [0, 0.1) is 0 Å². The summed E-state index contributed by atoms with van der Waals surface area (Å²) in [5.41, 5.74) is 1.35. The Kier molecular flexibility index (Phi) is 5.53. The SMILES string of the molecule is CCCCCOc1ccc(CNC2CCC2)cc1. The monoisotopic (exact) mass is 247 g/mol. The van der Waals surface area contributed by atoms with E-state index in [2.05, 4.69) is 36.5 Å². The molecule has 1 saturated carbocycles. The Morgan fingerprint density at radius 2 is 1.94 bits per heavy atom. The van der Waals surface area contributed by atoms with Gasteiger partial charge in [0, 0.05) is 12.6 Å². The van der Waals surface area contributed by atoms with Gasteiger partial charge in [-0.3, -0.25) is 0 Å². The highest BCUT2D eigenvalue weighted by Crippen LogP contribution is 2.19. The van der Waals surface area contributed by atoms with Crippen LogP contribution in [-0.2, 0) is 6.54 Å². The Hall–Kier alpha value is -1.02. The van der Waals surface area contributed by atoms with Gasteiger partial charge in [-0.15, -0.1) is 0 Å². The summed E-state index contributed by atoms with van der Waals surface area (Å²) in [7, 11) is 0. The predicted octanol–water partition coefficient (Wildman–Crippen LogP) is 3.90. The number of hydrogen-bond acceptors (Lipinski definition) is 2. The van der Waals surface area contributed by atoms with Crippen LogP contribution in [0.25, 0.3) is 0 Å². The van der Waals surface area contributed by atoms with Gasteiger partial charge in [0.2, 0.25) is 0 Å². The lowest BCUT2D eigenvalue weighted by molar-refractivity contribution is 0.306. The van der Waals surface area contributed by atoms with Gasteiger partial charge in [0.1, 0.15) is 5.75 Å². The van der Waals surface area contributed by atoms with Gasteiger partial charge in [-0.2, -0.15) is 0 Å². The van der Waals surface area contributed by atoms with Gasteiger partial charge in [0.05, 0.1) is 6.61 Å². The van der Waals surface area contributed by atoms with Crippen molar-refractivity contribution >= 4 is 0 Å². The van der Waals surface area contributed by atoms with Crippen LogP contribution in [0.5, 0.6) is 5.75 Å². The first-order valence-corrected chi connectivity index (χ1v) is 7.33. The van der Waals surface area contributed by atoms with E-state index in [-0.39, 0.29) is 0 Å². The van der Waals surface area contributed by atoms with E-state index < -0.39 is 0 Å². The minimum absolute atomic E-state index is 0.759. The molecule has 1 aromatic rings. The van der Waals surface area contributed by atoms with E-state index in [1.807, 2.05) is 0 Å². The van der Waals surface area contributed by atoms with Crippen LogP contribution >= 0.6 is 0 Å². The molecule has 0 atom stereocenters. The lowest BCUT2D eigenvalue weighted by Gasteiger charge is -2.26. The molecule has 0 spiro atoms. The molecule has 0 saturated heterocycles. The van der Waals surface area contributed by atoms with E-state index >= 15 is 0 Å². The molecule has 1 N–H and O–H groups in total. The van der Waals surface area contributed by atoms with Gasteiger partial charge in [0.15, 0.2) is 0 Å². The third-order valence-electron chi connectivity index (χ3n) is 3.64. The molecule has 100 valence electrons. The van der Waals surface area contributed by atoms with Gasteiger partial charge in [0.25, 0.3) is 0 Å². The standard InChI is InChI=1S/C16H25NO/c1-2-3-4-12-18-16-10-8-14(9-11-16)13-17-15-6-5-7-15/h8-11,15,17H,2-7,12-13H2,1H3. The van der Waals surface area contributed by atoms with Crippen LogP contribution in [0.3, 0.4) is 0 Å². The second kappa shape index (κ2) is 7.42. The minimum atomic E-state index is 0.759. The molecule has 2 rings (SSSR count). The molecule has 0 radical (unpaired) electrons. The highest BCUT2D eigenvalue weighted by atomic mass is 16.5. The quantitative estimate of drug-likeness (QED) is 0.703. The third-order valence-corrected chi connectivity index (χ3v) is 3.64. The van der Waals surface area contributed by atoms with Crippen molar-refractivity contribution in [2.45, 2.75) is 58.0 Å². The average molecular weight is 247 g/mol. The lowest BCUT2D eigenvalue weighted by atomic mass is 9.93. The number of unbranched alkanes of at least 4 members (excludes halogenated alkanes) is 2. The van der Waals surface area contributed by atoms with Crippen LogP contribution in [0.15, 0.2) is 24.3 Å². The summed E-state index contributed by atoms with van der Waals surface area (Å²) >= 11 is 0. The van der Waals surface area contributed by atoms with E-state index in [1.165, 1.54) is 37.7 Å². The van der Waals surface area contributed by atoms with E-state index in [9.17, 15) is 0 Å². The largest absolute Gasteiger partial charge is 0.494 e. The Morgan fingerprint density at radius 3 is 2.56 bits per heavy atom. The van der Waals surface area contributed by atoms with Crippen molar-refractivity contribution in [2.75, 3.05) is 6.61 Å². The first-order chi connectivity index (χ1) is 8.88. The first-order valence-electron chi connectivity index (χ1n) is 7.33. The summed E-state index contributed by atoms with van der Waals surface area (Å²) in [6.45, 7) is 4.04. The van der Waals surface area contributed by atoms with Crippen LogP contribution in [-0.4, -0.2) is 12.6 Å². The minimum Gasteiger partial charge on any atom is -0.494 e. The molecular weight excluding hydrogens is 222 g/mol. The van der Waals surface area contributed by atoms with Crippen molar-refractivity contribution < 1.29 is 4.74 Å². The molecule has 0 aromatic heterocycles. The molecule has 1 fully saturated rings. The van der Waals surface area contributed by atoms with E-state index in [0.29, 0.717) is 0 Å². The average Bonchev–Trinajstić information content (AvgIpc) is 2.34. The predicted molar refractivity (Wildman–Crippen MR) is 75.9 cm³/mol. The number of nitrogens with one attached hydrogen (secondary N) is 1. The smallest absolute Gasteiger partial charge is 0.119 e. The zero-order valence-corrected chi connectivity index (χ0v) is 11.5. The van der Waals surface area contributed by atoms with E-state index in [0.717, 1.165) is 31.4 Å². The summed E-state index contributed by atoms with van der Waals surface area (Å²) in [4.78, 5) is 0. The summed E-state index contributed by atoms with van der Waals surface area (Å²) in [6, 6.07) is 9.27. The van der Waals surface area contributed by atoms with Crippen LogP contribution in [0.1, 0.15) is 51.0 Å². The maximum absolute atomic E-state index is 5.70. The van der Waals surface area contributed by atoms with Crippen molar-refractivity contribution in [3.05, 3.63) is 29.8 Å². The van der Waals surface area contributed by atoms with Crippen molar-refractivity contribution in [1.29, 1.82) is 0 Å². The second-order valence-electron chi connectivity index (χ2n) is 5.21. The van der Waals surface area contributed by atoms with E-state index in [4.69, 9.17) is 4.74 Å². The van der Waals surface area contributed by atoms with Gasteiger partial charge < -0.3 is 10.1 Å². The molecule has 1 aromatic carbocycles.